The molecule has 0 saturated heterocycles. The van der Waals surface area contributed by atoms with E-state index in [4.69, 9.17) is 0 Å². The van der Waals surface area contributed by atoms with E-state index in [0.717, 1.165) is 32.5 Å². The van der Waals surface area contributed by atoms with Gasteiger partial charge in [-0.2, -0.15) is 0 Å². The Morgan fingerprint density at radius 2 is 2.00 bits per heavy atom. The van der Waals surface area contributed by atoms with Crippen LogP contribution in [-0.4, -0.2) is 48.3 Å². The van der Waals surface area contributed by atoms with Gasteiger partial charge in [0.25, 0.3) is 0 Å². The summed E-state index contributed by atoms with van der Waals surface area (Å²) < 4.78 is 0. The lowest BCUT2D eigenvalue weighted by atomic mass is 10.00. The summed E-state index contributed by atoms with van der Waals surface area (Å²) in [6.07, 6.45) is 2.28. The molecule has 0 fully saturated rings. The Hall–Kier alpha value is -1.59. The number of hydrogen-bond acceptors (Lipinski definition) is 3. The summed E-state index contributed by atoms with van der Waals surface area (Å²) in [5.74, 6) is 0.430. The van der Waals surface area contributed by atoms with Gasteiger partial charge in [-0.3, -0.25) is 4.90 Å². The minimum Gasteiger partial charge on any atom is -0.391 e. The molecular formula is C19H31N3O2. The minimum atomic E-state index is -0.468. The molecule has 24 heavy (non-hydrogen) atoms. The summed E-state index contributed by atoms with van der Waals surface area (Å²) in [6, 6.07) is 8.43. The molecule has 0 saturated carbocycles. The van der Waals surface area contributed by atoms with Gasteiger partial charge in [0.15, 0.2) is 0 Å². The highest BCUT2D eigenvalue weighted by Gasteiger charge is 2.15. The van der Waals surface area contributed by atoms with E-state index in [9.17, 15) is 9.90 Å². The molecule has 0 aromatic heterocycles. The Morgan fingerprint density at radius 3 is 2.75 bits per heavy atom. The molecule has 1 heterocycles. The Kier molecular flexibility index (Phi) is 7.53. The molecule has 0 aliphatic carbocycles. The molecule has 1 aromatic carbocycles. The number of aliphatic hydroxyl groups excluding tert-OH is 1. The fraction of sp³-hybridized carbons (Fsp3) is 0.632. The number of rotatable bonds is 8. The SMILES string of the molecule is CC(C)CC(O)CNC(=O)NCCCN1CCc2ccccc2C1. The fourth-order valence-electron chi connectivity index (χ4n) is 3.15. The molecule has 0 spiro atoms. The van der Waals surface area contributed by atoms with Crippen molar-refractivity contribution >= 4 is 6.03 Å². The van der Waals surface area contributed by atoms with Crippen LogP contribution in [0.1, 0.15) is 37.8 Å². The monoisotopic (exact) mass is 333 g/mol. The molecule has 2 rings (SSSR count). The number of fused-ring (bicyclic) bond motifs is 1. The van der Waals surface area contributed by atoms with E-state index in [0.29, 0.717) is 25.4 Å². The average Bonchev–Trinajstić information content (AvgIpc) is 2.56. The summed E-state index contributed by atoms with van der Waals surface area (Å²) in [6.45, 7) is 8.17. The number of nitrogens with zero attached hydrogens (tertiary/aromatic N) is 1. The topological polar surface area (TPSA) is 64.6 Å². The van der Waals surface area contributed by atoms with Crippen molar-refractivity contribution in [3.05, 3.63) is 35.4 Å². The van der Waals surface area contributed by atoms with Crippen molar-refractivity contribution < 1.29 is 9.90 Å². The van der Waals surface area contributed by atoms with E-state index >= 15 is 0 Å². The normalized spacial score (nSPS) is 15.8. The summed E-state index contributed by atoms with van der Waals surface area (Å²) in [7, 11) is 0. The number of amides is 2. The van der Waals surface area contributed by atoms with Crippen molar-refractivity contribution in [3.63, 3.8) is 0 Å². The molecule has 0 radical (unpaired) electrons. The molecule has 1 aromatic rings. The molecule has 3 N–H and O–H groups in total. The van der Waals surface area contributed by atoms with Crippen LogP contribution in [0.2, 0.25) is 0 Å². The molecule has 1 aliphatic rings. The minimum absolute atomic E-state index is 0.193. The Bertz CT molecular complexity index is 519. The molecule has 134 valence electrons. The maximum Gasteiger partial charge on any atom is 0.314 e. The number of carbonyl (C=O) groups excluding carboxylic acids is 1. The van der Waals surface area contributed by atoms with Crippen molar-refractivity contribution in [1.29, 1.82) is 0 Å². The Labute approximate surface area is 145 Å². The first-order valence-electron chi connectivity index (χ1n) is 9.03. The van der Waals surface area contributed by atoms with Crippen LogP contribution in [-0.2, 0) is 13.0 Å². The van der Waals surface area contributed by atoms with E-state index < -0.39 is 6.10 Å². The predicted molar refractivity (Wildman–Crippen MR) is 96.9 cm³/mol. The maximum atomic E-state index is 11.7. The molecular weight excluding hydrogens is 302 g/mol. The number of benzene rings is 1. The van der Waals surface area contributed by atoms with Crippen LogP contribution < -0.4 is 10.6 Å². The Morgan fingerprint density at radius 1 is 1.25 bits per heavy atom. The molecule has 5 nitrogen and oxygen atoms in total. The van der Waals surface area contributed by atoms with E-state index in [1.807, 2.05) is 0 Å². The van der Waals surface area contributed by atoms with Gasteiger partial charge < -0.3 is 15.7 Å². The zero-order valence-corrected chi connectivity index (χ0v) is 14.9. The van der Waals surface area contributed by atoms with Crippen LogP contribution in [0, 0.1) is 5.92 Å². The van der Waals surface area contributed by atoms with Gasteiger partial charge >= 0.3 is 6.03 Å². The molecule has 0 bridgehead atoms. The van der Waals surface area contributed by atoms with Crippen LogP contribution in [0.15, 0.2) is 24.3 Å². The third kappa shape index (κ3) is 6.49. The van der Waals surface area contributed by atoms with Crippen molar-refractivity contribution in [3.8, 4) is 0 Å². The van der Waals surface area contributed by atoms with Gasteiger partial charge in [0, 0.05) is 32.7 Å². The van der Waals surface area contributed by atoms with Crippen LogP contribution in [0.3, 0.4) is 0 Å². The summed E-state index contributed by atoms with van der Waals surface area (Å²) in [4.78, 5) is 14.1. The first kappa shape index (κ1) is 18.7. The zero-order valence-electron chi connectivity index (χ0n) is 14.9. The number of nitrogens with one attached hydrogen (secondary N) is 2. The number of urea groups is 1. The lowest BCUT2D eigenvalue weighted by Crippen LogP contribution is -2.41. The lowest BCUT2D eigenvalue weighted by Gasteiger charge is -2.28. The number of aliphatic hydroxyl groups is 1. The van der Waals surface area contributed by atoms with E-state index in [2.05, 4.69) is 53.6 Å². The lowest BCUT2D eigenvalue weighted by molar-refractivity contribution is 0.146. The largest absolute Gasteiger partial charge is 0.391 e. The van der Waals surface area contributed by atoms with Gasteiger partial charge in [-0.15, -0.1) is 0 Å². The highest BCUT2D eigenvalue weighted by atomic mass is 16.3. The van der Waals surface area contributed by atoms with Crippen LogP contribution in [0.25, 0.3) is 0 Å². The molecule has 1 unspecified atom stereocenters. The second-order valence-electron chi connectivity index (χ2n) is 7.07. The second kappa shape index (κ2) is 9.64. The van der Waals surface area contributed by atoms with Gasteiger partial charge in [-0.05, 0) is 36.3 Å². The summed E-state index contributed by atoms with van der Waals surface area (Å²) in [5, 5.41) is 15.3. The van der Waals surface area contributed by atoms with Gasteiger partial charge in [-0.25, -0.2) is 4.79 Å². The maximum absolute atomic E-state index is 11.7. The second-order valence-corrected chi connectivity index (χ2v) is 7.07. The van der Waals surface area contributed by atoms with Crippen LogP contribution in [0.5, 0.6) is 0 Å². The molecule has 2 amide bonds. The zero-order chi connectivity index (χ0) is 17.4. The van der Waals surface area contributed by atoms with Crippen LogP contribution >= 0.6 is 0 Å². The standard InChI is InChI=1S/C19H31N3O2/c1-15(2)12-18(23)13-21-19(24)20-9-5-10-22-11-8-16-6-3-4-7-17(16)14-22/h3-4,6-7,15,18,23H,5,8-14H2,1-2H3,(H2,20,21,24). The molecule has 5 heteroatoms. The van der Waals surface area contributed by atoms with Gasteiger partial charge in [0.2, 0.25) is 0 Å². The third-order valence-corrected chi connectivity index (χ3v) is 4.39. The van der Waals surface area contributed by atoms with Crippen molar-refractivity contribution in [2.75, 3.05) is 26.2 Å². The fourth-order valence-corrected chi connectivity index (χ4v) is 3.15. The number of carbonyl (C=O) groups is 1. The van der Waals surface area contributed by atoms with Gasteiger partial charge in [0.1, 0.15) is 0 Å². The van der Waals surface area contributed by atoms with E-state index in [1.165, 1.54) is 11.1 Å². The summed E-state index contributed by atoms with van der Waals surface area (Å²) in [5.41, 5.74) is 2.89. The highest BCUT2D eigenvalue weighted by Crippen LogP contribution is 2.18. The van der Waals surface area contributed by atoms with Crippen molar-refractivity contribution in [2.45, 2.75) is 45.8 Å². The van der Waals surface area contributed by atoms with Crippen LogP contribution in [0.4, 0.5) is 4.79 Å². The first-order valence-corrected chi connectivity index (χ1v) is 9.03. The highest BCUT2D eigenvalue weighted by molar-refractivity contribution is 5.73. The van der Waals surface area contributed by atoms with E-state index in [-0.39, 0.29) is 6.03 Å². The average molecular weight is 333 g/mol. The predicted octanol–water partition coefficient (Wildman–Crippen LogP) is 2.14. The first-order chi connectivity index (χ1) is 11.5. The van der Waals surface area contributed by atoms with Gasteiger partial charge in [-0.1, -0.05) is 38.1 Å². The van der Waals surface area contributed by atoms with Gasteiger partial charge in [0.05, 0.1) is 6.10 Å². The smallest absolute Gasteiger partial charge is 0.314 e. The van der Waals surface area contributed by atoms with E-state index in [1.54, 1.807) is 0 Å². The molecule has 1 aliphatic heterocycles. The molecule has 1 atom stereocenters. The van der Waals surface area contributed by atoms with Crippen molar-refractivity contribution in [2.24, 2.45) is 5.92 Å². The number of hydrogen-bond donors (Lipinski definition) is 3. The summed E-state index contributed by atoms with van der Waals surface area (Å²) >= 11 is 0. The van der Waals surface area contributed by atoms with Crippen molar-refractivity contribution in [1.82, 2.24) is 15.5 Å². The quantitative estimate of drug-likeness (QED) is 0.639. The Balaban J connectivity index is 1.56. The third-order valence-electron chi connectivity index (χ3n) is 4.39.